The van der Waals surface area contributed by atoms with Crippen molar-refractivity contribution in [2.45, 2.75) is 10.4 Å². The first-order valence-corrected chi connectivity index (χ1v) is 10.1. The molecule has 4 nitrogen and oxygen atoms in total. The van der Waals surface area contributed by atoms with Crippen molar-refractivity contribution in [2.24, 2.45) is 0 Å². The van der Waals surface area contributed by atoms with Crippen molar-refractivity contribution in [3.8, 4) is 10.6 Å². The average molecular weight is 450 g/mol. The maximum Gasteiger partial charge on any atom is 0.446 e. The number of aromatic amines is 1. The Labute approximate surface area is 176 Å². The highest BCUT2D eigenvalue weighted by molar-refractivity contribution is 8.00. The van der Waals surface area contributed by atoms with Gasteiger partial charge in [0.05, 0.1) is 15.8 Å². The normalized spacial score (nSPS) is 11.6. The molecule has 2 aromatic carbocycles. The van der Waals surface area contributed by atoms with Crippen LogP contribution < -0.4 is 10.3 Å². The molecule has 0 saturated carbocycles. The molecule has 0 radical (unpaired) electrons. The molecule has 0 atom stereocenters. The Morgan fingerprint density at radius 1 is 1.10 bits per heavy atom. The van der Waals surface area contributed by atoms with Crippen LogP contribution in [0.4, 0.5) is 23.2 Å². The van der Waals surface area contributed by atoms with Gasteiger partial charge in [0.15, 0.2) is 12.0 Å². The Morgan fingerprint density at radius 3 is 2.70 bits per heavy atom. The Kier molecular flexibility index (Phi) is 5.44. The maximum absolute atomic E-state index is 13.4. The van der Waals surface area contributed by atoms with E-state index in [2.05, 4.69) is 15.3 Å². The van der Waals surface area contributed by atoms with Gasteiger partial charge in [-0.05, 0) is 54.2 Å². The summed E-state index contributed by atoms with van der Waals surface area (Å²) in [6.45, 7) is 0. The molecule has 0 aliphatic heterocycles. The smallest absolute Gasteiger partial charge is 0.322 e. The van der Waals surface area contributed by atoms with E-state index < -0.39 is 17.2 Å². The molecule has 0 aliphatic rings. The van der Waals surface area contributed by atoms with Crippen LogP contribution in [0, 0.1) is 5.82 Å². The first-order valence-electron chi connectivity index (χ1n) is 8.52. The summed E-state index contributed by atoms with van der Waals surface area (Å²) >= 11 is 1.05. The average Bonchev–Trinajstić information content (AvgIpc) is 3.10. The summed E-state index contributed by atoms with van der Waals surface area (Å²) in [7, 11) is 0. The molecular formula is C20H12F4N3OS2+. The Balaban J connectivity index is 1.55. The highest BCUT2D eigenvalue weighted by atomic mass is 32.2. The minimum absolute atomic E-state index is 0.0652. The second kappa shape index (κ2) is 8.04. The van der Waals surface area contributed by atoms with E-state index in [9.17, 15) is 22.4 Å². The largest absolute Gasteiger partial charge is 0.446 e. The van der Waals surface area contributed by atoms with E-state index in [1.54, 1.807) is 24.4 Å². The van der Waals surface area contributed by atoms with Crippen LogP contribution in [-0.4, -0.2) is 16.4 Å². The third kappa shape index (κ3) is 4.77. The summed E-state index contributed by atoms with van der Waals surface area (Å²) in [5, 5.41) is 3.29. The molecule has 4 aromatic rings. The molecule has 0 fully saturated rings. The minimum Gasteiger partial charge on any atom is -0.322 e. The van der Waals surface area contributed by atoms with Gasteiger partial charge in [-0.15, -0.1) is 11.3 Å². The maximum atomic E-state index is 13.4. The second-order valence-electron chi connectivity index (χ2n) is 6.17. The number of benzene rings is 2. The van der Waals surface area contributed by atoms with E-state index in [-0.39, 0.29) is 22.2 Å². The van der Waals surface area contributed by atoms with Crippen LogP contribution in [0.5, 0.6) is 0 Å². The quantitative estimate of drug-likeness (QED) is 0.317. The molecule has 1 amide bonds. The zero-order valence-electron chi connectivity index (χ0n) is 15.0. The number of carbonyl (C=O) groups is 1. The van der Waals surface area contributed by atoms with Gasteiger partial charge in [0.25, 0.3) is 5.91 Å². The van der Waals surface area contributed by atoms with E-state index in [1.165, 1.54) is 47.9 Å². The van der Waals surface area contributed by atoms with Crippen molar-refractivity contribution in [2.75, 3.05) is 5.32 Å². The van der Waals surface area contributed by atoms with Gasteiger partial charge in [-0.3, -0.25) is 4.79 Å². The number of anilines is 1. The lowest BCUT2D eigenvalue weighted by atomic mass is 10.2. The zero-order valence-corrected chi connectivity index (χ0v) is 16.6. The number of nitrogens with one attached hydrogen (secondary N) is 2. The highest BCUT2D eigenvalue weighted by Crippen LogP contribution is 2.37. The lowest BCUT2D eigenvalue weighted by molar-refractivity contribution is -0.380. The number of rotatable bonds is 4. The Bertz CT molecular complexity index is 1240. The predicted octanol–water partition coefficient (Wildman–Crippen LogP) is 5.78. The van der Waals surface area contributed by atoms with E-state index in [1.807, 2.05) is 0 Å². The molecule has 10 heteroatoms. The summed E-state index contributed by atoms with van der Waals surface area (Å²) < 4.78 is 51.9. The van der Waals surface area contributed by atoms with Gasteiger partial charge < -0.3 is 5.32 Å². The van der Waals surface area contributed by atoms with Crippen molar-refractivity contribution in [3.63, 3.8) is 0 Å². The summed E-state index contributed by atoms with van der Waals surface area (Å²) in [6, 6.07) is 11.8. The topological polar surface area (TPSA) is 56.1 Å². The van der Waals surface area contributed by atoms with Crippen molar-refractivity contribution >= 4 is 44.9 Å². The number of alkyl halides is 3. The van der Waals surface area contributed by atoms with Crippen LogP contribution in [0.25, 0.3) is 20.8 Å². The van der Waals surface area contributed by atoms with Gasteiger partial charge in [-0.1, -0.05) is 6.07 Å². The number of aromatic nitrogens is 2. The Morgan fingerprint density at radius 2 is 1.93 bits per heavy atom. The van der Waals surface area contributed by atoms with E-state index in [4.69, 9.17) is 0 Å². The molecule has 0 aliphatic carbocycles. The lowest BCUT2D eigenvalue weighted by Gasteiger charge is -2.08. The fraction of sp³-hybridized carbons (Fsp3) is 0.0500. The molecule has 2 heterocycles. The van der Waals surface area contributed by atoms with Crippen molar-refractivity contribution in [3.05, 3.63) is 72.3 Å². The van der Waals surface area contributed by atoms with Gasteiger partial charge >= 0.3 is 5.51 Å². The van der Waals surface area contributed by atoms with E-state index in [0.717, 1.165) is 4.70 Å². The standard InChI is InChI=1S/C20H11F4N3OS2/c21-13-6-12(9-25-10-13)19-27-16-5-4-14(8-17(16)29-19)26-18(28)11-2-1-3-15(7-11)30-20(22,23)24/h1-10H,(H,26,28)/p+1. The summed E-state index contributed by atoms with van der Waals surface area (Å²) in [5.74, 6) is -0.936. The molecule has 152 valence electrons. The molecule has 0 spiro atoms. The van der Waals surface area contributed by atoms with Gasteiger partial charge in [0.2, 0.25) is 6.20 Å². The van der Waals surface area contributed by atoms with E-state index in [0.29, 0.717) is 21.8 Å². The number of carbonyl (C=O) groups excluding carboxylic acids is 1. The molecule has 2 N–H and O–H groups in total. The van der Waals surface area contributed by atoms with Crippen LogP contribution in [-0.2, 0) is 0 Å². The van der Waals surface area contributed by atoms with Crippen LogP contribution in [0.15, 0.2) is 65.8 Å². The third-order valence-corrected chi connectivity index (χ3v) is 5.76. The van der Waals surface area contributed by atoms with Gasteiger partial charge in [-0.25, -0.2) is 14.4 Å². The minimum atomic E-state index is -4.43. The molecule has 0 unspecified atom stereocenters. The van der Waals surface area contributed by atoms with Crippen molar-refractivity contribution in [1.82, 2.24) is 4.98 Å². The lowest BCUT2D eigenvalue weighted by Crippen LogP contribution is -2.12. The summed E-state index contributed by atoms with van der Waals surface area (Å²) in [4.78, 5) is 19.6. The fourth-order valence-electron chi connectivity index (χ4n) is 2.73. The van der Waals surface area contributed by atoms with Gasteiger partial charge in [0.1, 0.15) is 5.01 Å². The van der Waals surface area contributed by atoms with Crippen LogP contribution in [0.1, 0.15) is 10.4 Å². The summed E-state index contributed by atoms with van der Waals surface area (Å²) in [5.41, 5.74) is -2.56. The fourth-order valence-corrected chi connectivity index (χ4v) is 4.32. The number of nitrogens with zero attached hydrogens (tertiary/aromatic N) is 1. The number of halogens is 4. The van der Waals surface area contributed by atoms with Crippen LogP contribution in [0.2, 0.25) is 0 Å². The number of hydrogen-bond acceptors (Lipinski definition) is 4. The SMILES string of the molecule is O=C(Nc1ccc2nc(-c3c[nH+]cc(F)c3)sc2c1)c1cccc(SC(F)(F)F)c1. The molecule has 30 heavy (non-hydrogen) atoms. The second-order valence-corrected chi connectivity index (χ2v) is 8.34. The number of thioether (sulfide) groups is 1. The number of fused-ring (bicyclic) bond motifs is 1. The van der Waals surface area contributed by atoms with Gasteiger partial charge in [0, 0.05) is 16.1 Å². The Hall–Kier alpha value is -2.98. The number of pyridine rings is 1. The highest BCUT2D eigenvalue weighted by Gasteiger charge is 2.29. The number of H-pyrrole nitrogens is 1. The van der Waals surface area contributed by atoms with Crippen LogP contribution in [0.3, 0.4) is 0 Å². The molecule has 2 aromatic heterocycles. The first-order chi connectivity index (χ1) is 14.3. The predicted molar refractivity (Wildman–Crippen MR) is 108 cm³/mol. The molecule has 0 saturated heterocycles. The first kappa shape index (κ1) is 20.3. The third-order valence-electron chi connectivity index (χ3n) is 3.98. The monoisotopic (exact) mass is 450 g/mol. The van der Waals surface area contributed by atoms with Crippen molar-refractivity contribution < 1.29 is 27.3 Å². The molecule has 4 rings (SSSR count). The molecular weight excluding hydrogens is 438 g/mol. The number of amides is 1. The van der Waals surface area contributed by atoms with Gasteiger partial charge in [-0.2, -0.15) is 13.2 Å². The number of hydrogen-bond donors (Lipinski definition) is 1. The number of thiazole rings is 1. The molecule has 0 bridgehead atoms. The van der Waals surface area contributed by atoms with Crippen LogP contribution >= 0.6 is 23.1 Å². The van der Waals surface area contributed by atoms with E-state index >= 15 is 0 Å². The van der Waals surface area contributed by atoms with Crippen molar-refractivity contribution in [1.29, 1.82) is 0 Å². The zero-order chi connectivity index (χ0) is 21.3. The summed E-state index contributed by atoms with van der Waals surface area (Å²) in [6.07, 6.45) is 2.86.